The predicted octanol–water partition coefficient (Wildman–Crippen LogP) is 12.5. The van der Waals surface area contributed by atoms with Crippen LogP contribution in [0.4, 0.5) is 5.82 Å². The Balaban J connectivity index is 1.08. The summed E-state index contributed by atoms with van der Waals surface area (Å²) in [7, 11) is 2.13. The molecule has 0 bridgehead atoms. The topological polar surface area (TPSA) is 61.9 Å². The van der Waals surface area contributed by atoms with E-state index in [1.54, 1.807) is 0 Å². The van der Waals surface area contributed by atoms with Gasteiger partial charge in [0.15, 0.2) is 11.5 Å². The normalized spacial score (nSPS) is 13.1. The van der Waals surface area contributed by atoms with E-state index < -0.39 is 0 Å². The van der Waals surface area contributed by atoms with E-state index in [-0.39, 0.29) is 0 Å². The summed E-state index contributed by atoms with van der Waals surface area (Å²) in [5.41, 5.74) is 12.1. The molecule has 0 radical (unpaired) electrons. The minimum absolute atomic E-state index is 0.416. The Morgan fingerprint density at radius 2 is 0.839 bits per heavy atom. The Hall–Kier alpha value is -8.36. The predicted molar refractivity (Wildman–Crippen MR) is 256 cm³/mol. The molecular formula is C54H36N8. The Kier molecular flexibility index (Phi) is 6.66. The van der Waals surface area contributed by atoms with Crippen LogP contribution in [0.2, 0.25) is 0 Å². The number of nitrogens with one attached hydrogen (secondary N) is 1. The van der Waals surface area contributed by atoms with Gasteiger partial charge < -0.3 is 14.5 Å². The van der Waals surface area contributed by atoms with Crippen LogP contribution < -0.4 is 5.32 Å². The molecule has 0 unspecified atom stereocenters. The number of para-hydroxylation sites is 6. The number of benzene rings is 8. The summed E-state index contributed by atoms with van der Waals surface area (Å²) in [4.78, 5) is 11.0. The molecular weight excluding hydrogens is 761 g/mol. The molecule has 292 valence electrons. The van der Waals surface area contributed by atoms with Crippen molar-refractivity contribution in [2.45, 2.75) is 0 Å². The first-order chi connectivity index (χ1) is 30.7. The molecule has 0 atom stereocenters. The van der Waals surface area contributed by atoms with Gasteiger partial charge in [0.25, 0.3) is 0 Å². The average molecular weight is 797 g/mol. The van der Waals surface area contributed by atoms with E-state index in [9.17, 15) is 0 Å². The van der Waals surface area contributed by atoms with Crippen LogP contribution in [0.5, 0.6) is 0 Å². The summed E-state index contributed by atoms with van der Waals surface area (Å²) in [6.45, 7) is 0.416. The molecule has 0 saturated heterocycles. The third-order valence-corrected chi connectivity index (χ3v) is 13.1. The van der Waals surface area contributed by atoms with Gasteiger partial charge in [0.2, 0.25) is 5.95 Å². The number of imidazole rings is 1. The highest BCUT2D eigenvalue weighted by Crippen LogP contribution is 2.44. The summed E-state index contributed by atoms with van der Waals surface area (Å²) in [5, 5.41) is 13.2. The Labute approximate surface area is 354 Å². The second-order valence-electron chi connectivity index (χ2n) is 16.3. The van der Waals surface area contributed by atoms with Crippen LogP contribution >= 0.6 is 0 Å². The number of fused-ring (bicyclic) bond motifs is 15. The lowest BCUT2D eigenvalue weighted by molar-refractivity contribution is 0.845. The minimum atomic E-state index is 0.416. The molecule has 0 amide bonds. The highest BCUT2D eigenvalue weighted by Gasteiger charge is 2.30. The zero-order valence-electron chi connectivity index (χ0n) is 33.7. The summed E-state index contributed by atoms with van der Waals surface area (Å²) in [6.07, 6.45) is 0. The highest BCUT2D eigenvalue weighted by atomic mass is 15.3. The molecule has 1 aliphatic heterocycles. The molecule has 8 heteroatoms. The zero-order chi connectivity index (χ0) is 40.6. The molecule has 0 fully saturated rings. The van der Waals surface area contributed by atoms with E-state index >= 15 is 0 Å². The molecule has 0 saturated carbocycles. The first-order valence-electron chi connectivity index (χ1n) is 21.1. The number of nitrogens with zero attached hydrogens (tertiary/aromatic N) is 7. The lowest BCUT2D eigenvalue weighted by Crippen LogP contribution is -2.23. The molecule has 13 aromatic rings. The van der Waals surface area contributed by atoms with Crippen molar-refractivity contribution in [2.75, 3.05) is 12.0 Å². The summed E-state index contributed by atoms with van der Waals surface area (Å²) < 4.78 is 11.8. The van der Waals surface area contributed by atoms with Crippen LogP contribution in [0.1, 0.15) is 5.69 Å². The van der Waals surface area contributed by atoms with Crippen molar-refractivity contribution in [3.05, 3.63) is 188 Å². The van der Waals surface area contributed by atoms with Gasteiger partial charge in [-0.3, -0.25) is 13.7 Å². The maximum absolute atomic E-state index is 5.69. The Morgan fingerprint density at radius 1 is 0.403 bits per heavy atom. The Morgan fingerprint density at radius 3 is 1.37 bits per heavy atom. The fraction of sp³-hybridized carbons (Fsp3) is 0.0370. The van der Waals surface area contributed by atoms with Crippen molar-refractivity contribution >= 4 is 98.9 Å². The highest BCUT2D eigenvalue weighted by molar-refractivity contribution is 6.30. The van der Waals surface area contributed by atoms with Gasteiger partial charge in [-0.2, -0.15) is 0 Å². The molecule has 8 nitrogen and oxygen atoms in total. The van der Waals surface area contributed by atoms with Gasteiger partial charge in [-0.1, -0.05) is 121 Å². The molecule has 8 aromatic carbocycles. The van der Waals surface area contributed by atoms with Crippen molar-refractivity contribution in [1.29, 1.82) is 0 Å². The Bertz CT molecular complexity index is 4040. The third kappa shape index (κ3) is 4.29. The fourth-order valence-corrected chi connectivity index (χ4v) is 10.6. The summed E-state index contributed by atoms with van der Waals surface area (Å²) in [5.74, 6) is 2.57. The number of anilines is 1. The second kappa shape index (κ2) is 12.3. The van der Waals surface area contributed by atoms with E-state index in [1.165, 1.54) is 48.6 Å². The van der Waals surface area contributed by atoms with Crippen LogP contribution in [0.25, 0.3) is 105 Å². The van der Waals surface area contributed by atoms with E-state index in [2.05, 4.69) is 217 Å². The van der Waals surface area contributed by atoms with Crippen LogP contribution in [-0.2, 0) is 7.05 Å². The first-order valence-corrected chi connectivity index (χ1v) is 21.1. The second-order valence-corrected chi connectivity index (χ2v) is 16.3. The molecule has 1 aliphatic rings. The molecule has 0 spiro atoms. The fourth-order valence-electron chi connectivity index (χ4n) is 10.6. The number of hydrogen-bond donors (Lipinski definition) is 1. The number of rotatable bonds is 3. The molecule has 14 rings (SSSR count). The SMILES string of the molecule is Cn1c(-n2c3ccccc3c3ccc4c(c5ccccc5n4-c4ccccc4)c32)nc2c1NCN=C2n1c2ccccc2c2ccc3c(c4ccccc4n3-c3ccccc3)c21. The van der Waals surface area contributed by atoms with Crippen LogP contribution in [0, 0.1) is 0 Å². The van der Waals surface area contributed by atoms with Gasteiger partial charge in [0.1, 0.15) is 12.5 Å². The van der Waals surface area contributed by atoms with E-state index in [0.717, 1.165) is 73.3 Å². The standard InChI is InChI=1S/C54H36N8/c1-58-52-49(57-54(58)62-42-25-13-9-21-36(42)38-29-31-46-48(51(38)62)40-23-11-15-27-44(40)60(46)34-18-6-3-7-19-34)53(56-32-55-52)61-41-24-12-8-20-35(41)37-28-30-45-47(50(37)61)39-22-10-14-26-43(39)59(45)33-16-4-2-5-17-33/h2-31,55H,32H2,1H3. The maximum atomic E-state index is 5.69. The van der Waals surface area contributed by atoms with E-state index in [4.69, 9.17) is 9.98 Å². The van der Waals surface area contributed by atoms with E-state index in [1.807, 2.05) is 0 Å². The largest absolute Gasteiger partial charge is 0.350 e. The van der Waals surface area contributed by atoms with Gasteiger partial charge in [0, 0.05) is 61.5 Å². The van der Waals surface area contributed by atoms with Gasteiger partial charge in [-0.05, 0) is 60.7 Å². The molecule has 0 aliphatic carbocycles. The van der Waals surface area contributed by atoms with Crippen molar-refractivity contribution in [3.8, 4) is 17.3 Å². The van der Waals surface area contributed by atoms with Gasteiger partial charge >= 0.3 is 0 Å². The lowest BCUT2D eigenvalue weighted by atomic mass is 10.1. The van der Waals surface area contributed by atoms with Crippen LogP contribution in [0.3, 0.4) is 0 Å². The maximum Gasteiger partial charge on any atom is 0.216 e. The summed E-state index contributed by atoms with van der Waals surface area (Å²) >= 11 is 0. The van der Waals surface area contributed by atoms with Crippen molar-refractivity contribution < 1.29 is 0 Å². The summed E-state index contributed by atoms with van der Waals surface area (Å²) in [6, 6.07) is 65.5. The van der Waals surface area contributed by atoms with Gasteiger partial charge in [-0.15, -0.1) is 0 Å². The van der Waals surface area contributed by atoms with Crippen molar-refractivity contribution in [3.63, 3.8) is 0 Å². The number of aliphatic imine (C=N–C) groups is 1. The molecule has 6 heterocycles. The quantitative estimate of drug-likeness (QED) is 0.194. The monoisotopic (exact) mass is 796 g/mol. The average Bonchev–Trinajstić information content (AvgIpc) is 4.12. The molecule has 1 N–H and O–H groups in total. The van der Waals surface area contributed by atoms with Crippen LogP contribution in [0.15, 0.2) is 187 Å². The van der Waals surface area contributed by atoms with Gasteiger partial charge in [0.05, 0.1) is 44.1 Å². The minimum Gasteiger partial charge on any atom is -0.350 e. The van der Waals surface area contributed by atoms with Crippen molar-refractivity contribution in [2.24, 2.45) is 12.0 Å². The lowest BCUT2D eigenvalue weighted by Gasteiger charge is -2.18. The number of aromatic nitrogens is 6. The first kappa shape index (κ1) is 33.5. The third-order valence-electron chi connectivity index (χ3n) is 13.1. The number of hydrogen-bond acceptors (Lipinski definition) is 3. The zero-order valence-corrected chi connectivity index (χ0v) is 33.7. The van der Waals surface area contributed by atoms with Crippen LogP contribution in [-0.4, -0.2) is 40.3 Å². The molecule has 62 heavy (non-hydrogen) atoms. The van der Waals surface area contributed by atoms with Crippen molar-refractivity contribution in [1.82, 2.24) is 27.8 Å². The smallest absolute Gasteiger partial charge is 0.216 e. The van der Waals surface area contributed by atoms with E-state index in [0.29, 0.717) is 6.67 Å². The molecule has 5 aromatic heterocycles. The van der Waals surface area contributed by atoms with Gasteiger partial charge in [-0.25, -0.2) is 9.98 Å².